The average Bonchev–Trinajstić information content (AvgIpc) is 2.99. The molecule has 0 radical (unpaired) electrons. The first-order valence-corrected chi connectivity index (χ1v) is 9.51. The Morgan fingerprint density at radius 1 is 1.11 bits per heavy atom. The second-order valence-corrected chi connectivity index (χ2v) is 7.16. The number of hydrogen-bond donors (Lipinski definition) is 0. The minimum atomic E-state index is -0.468. The van der Waals surface area contributed by atoms with Crippen LogP contribution in [-0.4, -0.2) is 31.1 Å². The Hall–Kier alpha value is -2.92. The van der Waals surface area contributed by atoms with Crippen molar-refractivity contribution in [2.75, 3.05) is 20.3 Å². The lowest BCUT2D eigenvalue weighted by molar-refractivity contribution is 0.0663. The molecule has 0 spiro atoms. The van der Waals surface area contributed by atoms with Gasteiger partial charge in [0.25, 0.3) is 5.91 Å². The van der Waals surface area contributed by atoms with Crippen LogP contribution in [0.25, 0.3) is 11.0 Å². The molecule has 3 aromatic rings. The predicted molar refractivity (Wildman–Crippen MR) is 108 cm³/mol. The molecular formula is C23H23NO4. The summed E-state index contributed by atoms with van der Waals surface area (Å²) in [6.07, 6.45) is 0.826. The van der Waals surface area contributed by atoms with E-state index in [-0.39, 0.29) is 17.1 Å². The van der Waals surface area contributed by atoms with Gasteiger partial charge >= 0.3 is 0 Å². The number of amides is 1. The summed E-state index contributed by atoms with van der Waals surface area (Å²) in [4.78, 5) is 28.2. The molecule has 0 N–H and O–H groups in total. The Morgan fingerprint density at radius 3 is 2.54 bits per heavy atom. The zero-order valence-corrected chi connectivity index (χ0v) is 16.3. The molecule has 1 unspecified atom stereocenters. The SMILES string of the molecule is CCc1ccc2oc3c(c(=O)c2c1)C(c1ccc(C)cc1)N(CCOC)C3=O. The largest absolute Gasteiger partial charge is 0.450 e. The van der Waals surface area contributed by atoms with Crippen molar-refractivity contribution in [3.05, 3.63) is 80.7 Å². The quantitative estimate of drug-likeness (QED) is 0.678. The molecule has 5 nitrogen and oxygen atoms in total. The van der Waals surface area contributed by atoms with E-state index in [0.717, 1.165) is 23.1 Å². The number of methoxy groups -OCH3 is 1. The van der Waals surface area contributed by atoms with Crippen LogP contribution in [0.3, 0.4) is 0 Å². The normalized spacial score (nSPS) is 16.0. The Balaban J connectivity index is 1.96. The fourth-order valence-corrected chi connectivity index (χ4v) is 3.80. The van der Waals surface area contributed by atoms with Gasteiger partial charge in [-0.15, -0.1) is 0 Å². The lowest BCUT2D eigenvalue weighted by Crippen LogP contribution is -2.32. The summed E-state index contributed by atoms with van der Waals surface area (Å²) in [6.45, 7) is 4.82. The smallest absolute Gasteiger partial charge is 0.290 e. The van der Waals surface area contributed by atoms with E-state index >= 15 is 0 Å². The fraction of sp³-hybridized carbons (Fsp3) is 0.304. The Bertz CT molecular complexity index is 1100. The minimum Gasteiger partial charge on any atom is -0.450 e. The van der Waals surface area contributed by atoms with Crippen molar-refractivity contribution in [2.45, 2.75) is 26.3 Å². The second-order valence-electron chi connectivity index (χ2n) is 7.16. The number of hydrogen-bond acceptors (Lipinski definition) is 4. The van der Waals surface area contributed by atoms with Crippen LogP contribution in [0.4, 0.5) is 0 Å². The van der Waals surface area contributed by atoms with E-state index in [1.54, 1.807) is 18.1 Å². The standard InChI is InChI=1S/C23H23NO4/c1-4-15-7-10-18-17(13-15)21(25)19-20(16-8-5-14(2)6-9-16)24(11-12-27-3)23(26)22(19)28-18/h5-10,13,20H,4,11-12H2,1-3H3. The number of fused-ring (bicyclic) bond motifs is 2. The van der Waals surface area contributed by atoms with Crippen LogP contribution in [0.2, 0.25) is 0 Å². The number of ether oxygens (including phenoxy) is 1. The van der Waals surface area contributed by atoms with Gasteiger partial charge in [-0.05, 0) is 36.6 Å². The van der Waals surface area contributed by atoms with Crippen LogP contribution in [0.15, 0.2) is 51.7 Å². The molecule has 0 bridgehead atoms. The van der Waals surface area contributed by atoms with Crippen LogP contribution in [-0.2, 0) is 11.2 Å². The van der Waals surface area contributed by atoms with Gasteiger partial charge in [0, 0.05) is 13.7 Å². The summed E-state index contributed by atoms with van der Waals surface area (Å²) in [5.41, 5.74) is 3.82. The van der Waals surface area contributed by atoms with Crippen molar-refractivity contribution in [1.82, 2.24) is 4.90 Å². The van der Waals surface area contributed by atoms with Gasteiger partial charge < -0.3 is 14.1 Å². The van der Waals surface area contributed by atoms with E-state index in [4.69, 9.17) is 9.15 Å². The van der Waals surface area contributed by atoms with Crippen LogP contribution in [0.5, 0.6) is 0 Å². The van der Waals surface area contributed by atoms with E-state index in [1.165, 1.54) is 0 Å². The lowest BCUT2D eigenvalue weighted by Gasteiger charge is -2.24. The molecule has 4 rings (SSSR count). The van der Waals surface area contributed by atoms with Crippen LogP contribution < -0.4 is 5.43 Å². The summed E-state index contributed by atoms with van der Waals surface area (Å²) in [6, 6.07) is 13.0. The maximum absolute atomic E-state index is 13.4. The molecule has 2 aromatic carbocycles. The highest BCUT2D eigenvalue weighted by molar-refractivity contribution is 5.99. The van der Waals surface area contributed by atoms with Crippen molar-refractivity contribution >= 4 is 16.9 Å². The number of carbonyl (C=O) groups is 1. The topological polar surface area (TPSA) is 59.8 Å². The molecule has 28 heavy (non-hydrogen) atoms. The van der Waals surface area contributed by atoms with Crippen molar-refractivity contribution in [1.29, 1.82) is 0 Å². The number of benzene rings is 2. The predicted octanol–water partition coefficient (Wildman–Crippen LogP) is 3.86. The van der Waals surface area contributed by atoms with Gasteiger partial charge in [0.1, 0.15) is 5.58 Å². The highest BCUT2D eigenvalue weighted by atomic mass is 16.5. The molecule has 5 heteroatoms. The molecule has 0 fully saturated rings. The third-order valence-electron chi connectivity index (χ3n) is 5.37. The van der Waals surface area contributed by atoms with Crippen LogP contribution in [0.1, 0.15) is 45.8 Å². The van der Waals surface area contributed by atoms with Crippen LogP contribution in [0, 0.1) is 6.92 Å². The molecule has 0 saturated heterocycles. The van der Waals surface area contributed by atoms with Gasteiger partial charge in [0.15, 0.2) is 5.43 Å². The third-order valence-corrected chi connectivity index (χ3v) is 5.37. The molecule has 1 amide bonds. The Labute approximate surface area is 163 Å². The van der Waals surface area contributed by atoms with Gasteiger partial charge in [-0.2, -0.15) is 0 Å². The summed E-state index contributed by atoms with van der Waals surface area (Å²) in [5, 5.41) is 0.525. The highest BCUT2D eigenvalue weighted by Gasteiger charge is 2.42. The number of rotatable bonds is 5. The molecule has 1 aliphatic rings. The first-order chi connectivity index (χ1) is 13.5. The molecule has 2 heterocycles. The zero-order chi connectivity index (χ0) is 19.8. The summed E-state index contributed by atoms with van der Waals surface area (Å²) < 4.78 is 11.1. The zero-order valence-electron chi connectivity index (χ0n) is 16.3. The van der Waals surface area contributed by atoms with Gasteiger partial charge in [-0.1, -0.05) is 42.8 Å². The van der Waals surface area contributed by atoms with Crippen LogP contribution >= 0.6 is 0 Å². The molecule has 1 atom stereocenters. The Kier molecular flexibility index (Phi) is 4.77. The first kappa shape index (κ1) is 18.4. The highest BCUT2D eigenvalue weighted by Crippen LogP contribution is 2.38. The fourth-order valence-electron chi connectivity index (χ4n) is 3.80. The van der Waals surface area contributed by atoms with Crippen molar-refractivity contribution < 1.29 is 13.9 Å². The molecule has 1 aromatic heterocycles. The maximum Gasteiger partial charge on any atom is 0.290 e. The average molecular weight is 377 g/mol. The van der Waals surface area contributed by atoms with Crippen molar-refractivity contribution in [2.24, 2.45) is 0 Å². The summed E-state index contributed by atoms with van der Waals surface area (Å²) in [5.74, 6) is -0.125. The monoisotopic (exact) mass is 377 g/mol. The summed E-state index contributed by atoms with van der Waals surface area (Å²) in [7, 11) is 1.60. The summed E-state index contributed by atoms with van der Waals surface area (Å²) >= 11 is 0. The van der Waals surface area contributed by atoms with Gasteiger partial charge in [-0.3, -0.25) is 9.59 Å². The molecular weight excluding hydrogens is 354 g/mol. The van der Waals surface area contributed by atoms with Gasteiger partial charge in [-0.25, -0.2) is 0 Å². The minimum absolute atomic E-state index is 0.134. The van der Waals surface area contributed by atoms with E-state index < -0.39 is 6.04 Å². The maximum atomic E-state index is 13.4. The second kappa shape index (κ2) is 7.24. The van der Waals surface area contributed by atoms with E-state index in [9.17, 15) is 9.59 Å². The third kappa shape index (κ3) is 2.92. The molecule has 144 valence electrons. The number of nitrogens with zero attached hydrogens (tertiary/aromatic N) is 1. The van der Waals surface area contributed by atoms with E-state index in [0.29, 0.717) is 29.7 Å². The molecule has 0 aliphatic carbocycles. The Morgan fingerprint density at radius 2 is 1.86 bits per heavy atom. The van der Waals surface area contributed by atoms with Crippen molar-refractivity contribution in [3.8, 4) is 0 Å². The van der Waals surface area contributed by atoms with E-state index in [1.807, 2.05) is 50.2 Å². The van der Waals surface area contributed by atoms with Gasteiger partial charge in [0.05, 0.1) is 23.6 Å². The van der Waals surface area contributed by atoms with Crippen molar-refractivity contribution in [3.63, 3.8) is 0 Å². The number of aryl methyl sites for hydroxylation is 2. The van der Waals surface area contributed by atoms with Gasteiger partial charge in [0.2, 0.25) is 5.76 Å². The molecule has 0 saturated carbocycles. The van der Waals surface area contributed by atoms with E-state index in [2.05, 4.69) is 0 Å². The lowest BCUT2D eigenvalue weighted by atomic mass is 9.97. The molecule has 1 aliphatic heterocycles. The first-order valence-electron chi connectivity index (χ1n) is 9.51. The number of carbonyl (C=O) groups excluding carboxylic acids is 1.